The van der Waals surface area contributed by atoms with Crippen LogP contribution in [0.3, 0.4) is 0 Å². The Balaban J connectivity index is 2.06. The second kappa shape index (κ2) is 28.0. The molecule has 0 unspecified atom stereocenters. The summed E-state index contributed by atoms with van der Waals surface area (Å²) in [5, 5.41) is 17.0. The standard InChI is InChI=1S/C34H53N5O14/c1-24(40)5-6-30(44)38-26(27(41)22-25(34(35)49)23-33(47)48)4-2-3-11-36-29(43)10-14-50-16-18-52-20-21-53-19-17-51-15-12-37-28(42)9-13-39-31(45)7-8-32(39)46/h7-8,25-26H,2-6,9-23H2,1H3,(H2,35,49)(H,36,43)(H,37,42)(H,38,44)(H,47,48)/t25-,26-/m0/s1. The molecule has 0 spiro atoms. The van der Waals surface area contributed by atoms with Gasteiger partial charge in [-0.1, -0.05) is 0 Å². The van der Waals surface area contributed by atoms with Gasteiger partial charge in [-0.15, -0.1) is 0 Å². The predicted molar refractivity (Wildman–Crippen MR) is 185 cm³/mol. The summed E-state index contributed by atoms with van der Waals surface area (Å²) in [4.78, 5) is 107. The van der Waals surface area contributed by atoms with Crippen molar-refractivity contribution in [2.24, 2.45) is 11.7 Å². The molecule has 0 aliphatic carbocycles. The smallest absolute Gasteiger partial charge is 0.304 e. The number of hydrogen-bond acceptors (Lipinski definition) is 13. The molecule has 0 aromatic carbocycles. The fourth-order valence-corrected chi connectivity index (χ4v) is 4.67. The molecule has 0 bridgehead atoms. The number of carboxylic acid groups (broad SMARTS) is 1. The molecule has 0 fully saturated rings. The number of aliphatic carboxylic acids is 1. The highest BCUT2D eigenvalue weighted by atomic mass is 16.6. The van der Waals surface area contributed by atoms with Crippen LogP contribution in [0.5, 0.6) is 0 Å². The van der Waals surface area contributed by atoms with Crippen molar-refractivity contribution in [1.82, 2.24) is 20.9 Å². The molecule has 53 heavy (non-hydrogen) atoms. The third kappa shape index (κ3) is 23.6. The van der Waals surface area contributed by atoms with Crippen LogP contribution >= 0.6 is 0 Å². The first kappa shape index (κ1) is 46.4. The maximum atomic E-state index is 12.9. The lowest BCUT2D eigenvalue weighted by Gasteiger charge is -2.20. The molecule has 0 aromatic heterocycles. The molecule has 0 radical (unpaired) electrons. The summed E-state index contributed by atoms with van der Waals surface area (Å²) in [5.74, 6) is -6.10. The van der Waals surface area contributed by atoms with E-state index in [2.05, 4.69) is 16.0 Å². The highest BCUT2D eigenvalue weighted by molar-refractivity contribution is 6.13. The minimum absolute atomic E-state index is 0.00390. The Morgan fingerprint density at radius 3 is 1.81 bits per heavy atom. The van der Waals surface area contributed by atoms with E-state index in [1.54, 1.807) is 0 Å². The number of carbonyl (C=O) groups excluding carboxylic acids is 8. The quantitative estimate of drug-likeness (QED) is 0.0379. The highest BCUT2D eigenvalue weighted by Gasteiger charge is 2.28. The second-order valence-corrected chi connectivity index (χ2v) is 12.0. The van der Waals surface area contributed by atoms with Crippen molar-refractivity contribution in [3.05, 3.63) is 12.2 Å². The summed E-state index contributed by atoms with van der Waals surface area (Å²) in [5.41, 5.74) is 5.25. The van der Waals surface area contributed by atoms with Crippen molar-refractivity contribution in [2.75, 3.05) is 72.5 Å². The molecule has 0 saturated carbocycles. The molecule has 6 N–H and O–H groups in total. The van der Waals surface area contributed by atoms with Crippen molar-refractivity contribution < 1.29 is 67.2 Å². The summed E-state index contributed by atoms with van der Waals surface area (Å²) in [7, 11) is 0. The van der Waals surface area contributed by atoms with E-state index >= 15 is 0 Å². The first-order chi connectivity index (χ1) is 25.3. The number of primary amides is 1. The third-order valence-electron chi connectivity index (χ3n) is 7.56. The van der Waals surface area contributed by atoms with Gasteiger partial charge in [0.25, 0.3) is 11.8 Å². The summed E-state index contributed by atoms with van der Waals surface area (Å²) < 4.78 is 21.6. The molecular weight excluding hydrogens is 702 g/mol. The number of hydrogen-bond donors (Lipinski definition) is 5. The summed E-state index contributed by atoms with van der Waals surface area (Å²) >= 11 is 0. The van der Waals surface area contributed by atoms with Crippen molar-refractivity contribution in [1.29, 1.82) is 0 Å². The molecule has 0 saturated heterocycles. The normalized spacial score (nSPS) is 13.4. The Bertz CT molecular complexity index is 1260. The van der Waals surface area contributed by atoms with Gasteiger partial charge in [0.05, 0.1) is 71.2 Å². The van der Waals surface area contributed by atoms with Crippen LogP contribution in [0.25, 0.3) is 0 Å². The number of nitrogens with one attached hydrogen (secondary N) is 3. The Morgan fingerprint density at radius 1 is 0.698 bits per heavy atom. The molecule has 0 aromatic rings. The van der Waals surface area contributed by atoms with Crippen LogP contribution in [0.1, 0.15) is 64.7 Å². The lowest BCUT2D eigenvalue weighted by Crippen LogP contribution is -2.42. The largest absolute Gasteiger partial charge is 0.481 e. The number of carboxylic acids is 1. The van der Waals surface area contributed by atoms with E-state index in [9.17, 15) is 43.2 Å². The molecular formula is C34H53N5O14. The molecule has 1 aliphatic rings. The van der Waals surface area contributed by atoms with Gasteiger partial charge in [0.15, 0.2) is 5.78 Å². The van der Waals surface area contributed by atoms with Gasteiger partial charge in [-0.05, 0) is 26.2 Å². The van der Waals surface area contributed by atoms with Crippen LogP contribution in [0.15, 0.2) is 12.2 Å². The van der Waals surface area contributed by atoms with Gasteiger partial charge in [0, 0.05) is 63.9 Å². The number of nitrogens with two attached hydrogens (primary N) is 1. The summed E-state index contributed by atoms with van der Waals surface area (Å²) in [6, 6.07) is -1.00. The van der Waals surface area contributed by atoms with E-state index in [1.165, 1.54) is 19.1 Å². The molecule has 1 aliphatic heterocycles. The Kier molecular flexibility index (Phi) is 24.5. The SMILES string of the molecule is CC(=O)CCC(=O)N[C@@H](CCCCNC(=O)CCOCCOCCOCCOCCNC(=O)CCN1C(=O)C=CC1=O)C(=O)C[C@@H](CC(=O)O)C(N)=O. The Morgan fingerprint density at radius 2 is 1.25 bits per heavy atom. The fourth-order valence-electron chi connectivity index (χ4n) is 4.67. The second-order valence-electron chi connectivity index (χ2n) is 12.0. The van der Waals surface area contributed by atoms with Gasteiger partial charge in [0.1, 0.15) is 5.78 Å². The average molecular weight is 756 g/mol. The maximum absolute atomic E-state index is 12.9. The van der Waals surface area contributed by atoms with E-state index in [0.29, 0.717) is 52.4 Å². The lowest BCUT2D eigenvalue weighted by molar-refractivity contribution is -0.141. The number of carbonyl (C=O) groups is 9. The van der Waals surface area contributed by atoms with E-state index < -0.39 is 60.2 Å². The predicted octanol–water partition coefficient (Wildman–Crippen LogP) is -1.45. The number of imide groups is 1. The topological polar surface area (TPSA) is 276 Å². The van der Waals surface area contributed by atoms with Gasteiger partial charge < -0.3 is 50.5 Å². The van der Waals surface area contributed by atoms with Gasteiger partial charge in [-0.25, -0.2) is 0 Å². The van der Waals surface area contributed by atoms with Gasteiger partial charge in [0.2, 0.25) is 23.6 Å². The molecule has 1 heterocycles. The number of rotatable bonds is 33. The monoisotopic (exact) mass is 755 g/mol. The zero-order valence-electron chi connectivity index (χ0n) is 30.2. The number of unbranched alkanes of at least 4 members (excludes halogenated alkanes) is 1. The molecule has 1 rings (SSSR count). The van der Waals surface area contributed by atoms with E-state index in [-0.39, 0.29) is 82.6 Å². The molecule has 6 amide bonds. The first-order valence-corrected chi connectivity index (χ1v) is 17.5. The van der Waals surface area contributed by atoms with Crippen molar-refractivity contribution >= 4 is 53.0 Å². The molecule has 298 valence electrons. The number of amides is 6. The number of ketones is 2. The third-order valence-corrected chi connectivity index (χ3v) is 7.56. The molecule has 19 heteroatoms. The first-order valence-electron chi connectivity index (χ1n) is 17.5. The lowest BCUT2D eigenvalue weighted by atomic mass is 9.93. The number of ether oxygens (including phenoxy) is 4. The van der Waals surface area contributed by atoms with Gasteiger partial charge >= 0.3 is 5.97 Å². The summed E-state index contributed by atoms with van der Waals surface area (Å²) in [6.07, 6.45) is 2.35. The fraction of sp³-hybridized carbons (Fsp3) is 0.676. The van der Waals surface area contributed by atoms with Gasteiger partial charge in [-0.2, -0.15) is 0 Å². The van der Waals surface area contributed by atoms with E-state index in [4.69, 9.17) is 29.8 Å². The van der Waals surface area contributed by atoms with Crippen molar-refractivity contribution in [3.63, 3.8) is 0 Å². The van der Waals surface area contributed by atoms with Crippen LogP contribution in [-0.4, -0.2) is 142 Å². The van der Waals surface area contributed by atoms with Crippen LogP contribution in [0.2, 0.25) is 0 Å². The van der Waals surface area contributed by atoms with Crippen LogP contribution < -0.4 is 21.7 Å². The minimum atomic E-state index is -1.29. The molecule has 19 nitrogen and oxygen atoms in total. The summed E-state index contributed by atoms with van der Waals surface area (Å²) in [6.45, 7) is 4.30. The minimum Gasteiger partial charge on any atom is -0.481 e. The number of nitrogens with zero attached hydrogens (tertiary/aromatic N) is 1. The van der Waals surface area contributed by atoms with Crippen molar-refractivity contribution in [3.8, 4) is 0 Å². The van der Waals surface area contributed by atoms with Crippen LogP contribution in [0, 0.1) is 5.92 Å². The van der Waals surface area contributed by atoms with Gasteiger partial charge in [-0.3, -0.25) is 43.3 Å². The van der Waals surface area contributed by atoms with Crippen molar-refractivity contribution in [2.45, 2.75) is 70.8 Å². The molecule has 2 atom stereocenters. The number of Topliss-reactive ketones (excluding diaryl/α,β-unsaturated/α-hetero) is 2. The average Bonchev–Trinajstić information content (AvgIpc) is 3.42. The maximum Gasteiger partial charge on any atom is 0.304 e. The Labute approximate surface area is 308 Å². The van der Waals surface area contributed by atoms with Crippen LogP contribution in [-0.2, 0) is 62.1 Å². The van der Waals surface area contributed by atoms with E-state index in [0.717, 1.165) is 4.90 Å². The van der Waals surface area contributed by atoms with Crippen LogP contribution in [0.4, 0.5) is 0 Å². The Hall–Kier alpha value is -4.59. The zero-order chi connectivity index (χ0) is 39.4. The highest BCUT2D eigenvalue weighted by Crippen LogP contribution is 2.14. The van der Waals surface area contributed by atoms with E-state index in [1.807, 2.05) is 0 Å². The zero-order valence-corrected chi connectivity index (χ0v) is 30.2.